The summed E-state index contributed by atoms with van der Waals surface area (Å²) >= 11 is 0. The van der Waals surface area contributed by atoms with Crippen molar-refractivity contribution in [2.75, 3.05) is 4.90 Å². The molecule has 0 saturated carbocycles. The van der Waals surface area contributed by atoms with Gasteiger partial charge in [0.05, 0.1) is 11.1 Å². The topological polar surface area (TPSA) is 57.6 Å². The lowest BCUT2D eigenvalue weighted by Gasteiger charge is -2.20. The quantitative estimate of drug-likeness (QED) is 0.770. The van der Waals surface area contributed by atoms with Gasteiger partial charge in [0.2, 0.25) is 5.78 Å². The maximum absolute atomic E-state index is 14.1. The number of rotatable bonds is 4. The van der Waals surface area contributed by atoms with Crippen LogP contribution in [0, 0.1) is 11.6 Å². The lowest BCUT2D eigenvalue weighted by atomic mass is 9.96. The molecule has 1 aliphatic heterocycles. The van der Waals surface area contributed by atoms with E-state index in [1.165, 1.54) is 24.4 Å². The molecule has 6 heteroatoms. The molecule has 0 spiro atoms. The first kappa shape index (κ1) is 19.0. The fraction of sp³-hybridized carbons (Fsp3) is 0. The van der Waals surface area contributed by atoms with Crippen molar-refractivity contribution in [3.05, 3.63) is 114 Å². The van der Waals surface area contributed by atoms with E-state index in [1.54, 1.807) is 41.5 Å². The Morgan fingerprint density at radius 3 is 2.21 bits per heavy atom. The minimum Gasteiger partial charge on any atom is -0.478 e. The van der Waals surface area contributed by atoms with E-state index in [9.17, 15) is 18.4 Å². The van der Waals surface area contributed by atoms with Gasteiger partial charge in [0.1, 0.15) is 11.6 Å². The van der Waals surface area contributed by atoms with Crippen molar-refractivity contribution in [3.8, 4) is 0 Å². The summed E-state index contributed by atoms with van der Waals surface area (Å²) in [4.78, 5) is 25.4. The van der Waals surface area contributed by atoms with E-state index in [1.807, 2.05) is 0 Å². The summed E-state index contributed by atoms with van der Waals surface area (Å²) in [5.74, 6) is -3.82. The standard InChI is InChI=1S/C22H15F2NO3/c1-14-5-2-3-12-25(16-10-8-15(9-11-16)22(27)28)13-17(14)21(26)20-18(23)6-4-7-19(20)24/h2-13H,1H2,(H,27,28)/b5-2-,12-3-,17-13+. The summed E-state index contributed by atoms with van der Waals surface area (Å²) in [7, 11) is 0. The minimum absolute atomic E-state index is 0.00640. The second kappa shape index (κ2) is 7.84. The molecule has 28 heavy (non-hydrogen) atoms. The first-order chi connectivity index (χ1) is 13.4. The van der Waals surface area contributed by atoms with E-state index in [2.05, 4.69) is 6.58 Å². The van der Waals surface area contributed by atoms with Crippen LogP contribution < -0.4 is 4.90 Å². The van der Waals surface area contributed by atoms with Crippen molar-refractivity contribution >= 4 is 17.4 Å². The summed E-state index contributed by atoms with van der Waals surface area (Å²) in [6.45, 7) is 3.81. The molecule has 2 aromatic carbocycles. The molecule has 2 aromatic rings. The van der Waals surface area contributed by atoms with E-state index >= 15 is 0 Å². The van der Waals surface area contributed by atoms with Gasteiger partial charge in [-0.25, -0.2) is 13.6 Å². The van der Waals surface area contributed by atoms with Crippen molar-refractivity contribution in [1.82, 2.24) is 0 Å². The van der Waals surface area contributed by atoms with Gasteiger partial charge in [-0.05, 0) is 48.0 Å². The fourth-order valence-electron chi connectivity index (χ4n) is 2.66. The third kappa shape index (κ3) is 3.81. The Hall–Kier alpha value is -3.80. The maximum Gasteiger partial charge on any atom is 0.335 e. The predicted octanol–water partition coefficient (Wildman–Crippen LogP) is 4.88. The monoisotopic (exact) mass is 379 g/mol. The molecule has 0 unspecified atom stereocenters. The highest BCUT2D eigenvalue weighted by Gasteiger charge is 2.23. The third-order valence-corrected chi connectivity index (χ3v) is 4.12. The zero-order valence-corrected chi connectivity index (χ0v) is 14.6. The molecule has 0 fully saturated rings. The number of aromatic carboxylic acids is 1. The Balaban J connectivity index is 2.07. The van der Waals surface area contributed by atoms with Crippen LogP contribution in [0.1, 0.15) is 20.7 Å². The summed E-state index contributed by atoms with van der Waals surface area (Å²) in [6, 6.07) is 9.17. The summed E-state index contributed by atoms with van der Waals surface area (Å²) in [5.41, 5.74) is 0.298. The molecule has 140 valence electrons. The highest BCUT2D eigenvalue weighted by Crippen LogP contribution is 2.25. The molecule has 0 bridgehead atoms. The number of hydrogen-bond donors (Lipinski definition) is 1. The molecule has 0 aromatic heterocycles. The van der Waals surface area contributed by atoms with Gasteiger partial charge in [-0.1, -0.05) is 24.8 Å². The average molecular weight is 379 g/mol. The molecular formula is C22H15F2NO3. The first-order valence-electron chi connectivity index (χ1n) is 8.25. The van der Waals surface area contributed by atoms with Crippen molar-refractivity contribution < 1.29 is 23.5 Å². The first-order valence-corrected chi connectivity index (χ1v) is 8.25. The van der Waals surface area contributed by atoms with Crippen LogP contribution in [0.5, 0.6) is 0 Å². The molecule has 0 radical (unpaired) electrons. The van der Waals surface area contributed by atoms with Crippen LogP contribution in [0.2, 0.25) is 0 Å². The van der Waals surface area contributed by atoms with Crippen LogP contribution in [0.3, 0.4) is 0 Å². The number of anilines is 1. The molecule has 3 rings (SSSR count). The predicted molar refractivity (Wildman–Crippen MR) is 102 cm³/mol. The Morgan fingerprint density at radius 2 is 1.61 bits per heavy atom. The normalized spacial score (nSPS) is 17.9. The van der Waals surface area contributed by atoms with E-state index in [4.69, 9.17) is 5.11 Å². The van der Waals surface area contributed by atoms with Gasteiger partial charge in [-0.3, -0.25) is 4.79 Å². The zero-order valence-electron chi connectivity index (χ0n) is 14.6. The Labute approximate surface area is 160 Å². The van der Waals surface area contributed by atoms with Gasteiger partial charge in [0.15, 0.2) is 0 Å². The molecule has 4 nitrogen and oxygen atoms in total. The van der Waals surface area contributed by atoms with Crippen molar-refractivity contribution in [2.24, 2.45) is 0 Å². The number of Topliss-reactive ketones (excluding diaryl/α,β-unsaturated/α-hetero) is 1. The second-order valence-electron chi connectivity index (χ2n) is 5.95. The molecule has 0 saturated heterocycles. The Morgan fingerprint density at radius 1 is 0.964 bits per heavy atom. The number of nitrogens with zero attached hydrogens (tertiary/aromatic N) is 1. The van der Waals surface area contributed by atoms with E-state index < -0.39 is 29.0 Å². The molecule has 1 heterocycles. The van der Waals surface area contributed by atoms with Gasteiger partial charge in [-0.2, -0.15) is 0 Å². The number of allylic oxidation sites excluding steroid dienone is 5. The maximum atomic E-state index is 14.1. The summed E-state index contributed by atoms with van der Waals surface area (Å²) in [6.07, 6.45) is 7.93. The van der Waals surface area contributed by atoms with Gasteiger partial charge in [0.25, 0.3) is 0 Å². The number of carboxylic acid groups (broad SMARTS) is 1. The van der Waals surface area contributed by atoms with Crippen LogP contribution >= 0.6 is 0 Å². The van der Waals surface area contributed by atoms with E-state index in [0.29, 0.717) is 5.69 Å². The number of halogens is 2. The number of hydrogen-bond acceptors (Lipinski definition) is 3. The minimum atomic E-state index is -1.06. The van der Waals surface area contributed by atoms with Gasteiger partial charge >= 0.3 is 5.97 Å². The van der Waals surface area contributed by atoms with Crippen LogP contribution in [-0.4, -0.2) is 16.9 Å². The van der Waals surface area contributed by atoms with Crippen LogP contribution in [0.15, 0.2) is 90.8 Å². The van der Waals surface area contributed by atoms with Crippen LogP contribution in [-0.2, 0) is 0 Å². The zero-order chi connectivity index (χ0) is 20.3. The summed E-state index contributed by atoms with van der Waals surface area (Å²) < 4.78 is 28.2. The Kier molecular flexibility index (Phi) is 5.31. The molecule has 0 atom stereocenters. The molecule has 0 amide bonds. The van der Waals surface area contributed by atoms with Crippen LogP contribution in [0.25, 0.3) is 0 Å². The fourth-order valence-corrected chi connectivity index (χ4v) is 2.66. The van der Waals surface area contributed by atoms with Gasteiger partial charge in [0, 0.05) is 23.7 Å². The lowest BCUT2D eigenvalue weighted by molar-refractivity contribution is 0.0696. The smallest absolute Gasteiger partial charge is 0.335 e. The average Bonchev–Trinajstić information content (AvgIpc) is 2.65. The number of benzene rings is 2. The number of carboxylic acids is 1. The molecular weight excluding hydrogens is 364 g/mol. The molecule has 1 N–H and O–H groups in total. The number of carbonyl (C=O) groups is 2. The Bertz CT molecular complexity index is 1030. The second-order valence-corrected chi connectivity index (χ2v) is 5.95. The molecule has 0 aliphatic carbocycles. The number of ketones is 1. The lowest BCUT2D eigenvalue weighted by Crippen LogP contribution is -2.16. The van der Waals surface area contributed by atoms with Gasteiger partial charge < -0.3 is 10.0 Å². The molecule has 1 aliphatic rings. The SMILES string of the molecule is C=C1/C=C\C=C/N(c2ccc(C(=O)O)cc2)/C=C\1C(=O)c1c(F)cccc1F. The number of carbonyl (C=O) groups excluding carboxylic acids is 1. The van der Waals surface area contributed by atoms with Crippen molar-refractivity contribution in [3.63, 3.8) is 0 Å². The van der Waals surface area contributed by atoms with E-state index in [0.717, 1.165) is 12.1 Å². The largest absolute Gasteiger partial charge is 0.478 e. The third-order valence-electron chi connectivity index (χ3n) is 4.12. The van der Waals surface area contributed by atoms with Crippen molar-refractivity contribution in [2.45, 2.75) is 0 Å². The van der Waals surface area contributed by atoms with Crippen LogP contribution in [0.4, 0.5) is 14.5 Å². The van der Waals surface area contributed by atoms with Crippen molar-refractivity contribution in [1.29, 1.82) is 0 Å². The highest BCUT2D eigenvalue weighted by atomic mass is 19.1. The highest BCUT2D eigenvalue weighted by molar-refractivity contribution is 6.12. The van der Waals surface area contributed by atoms with Gasteiger partial charge in [-0.15, -0.1) is 0 Å². The van der Waals surface area contributed by atoms with E-state index in [-0.39, 0.29) is 16.7 Å². The summed E-state index contributed by atoms with van der Waals surface area (Å²) in [5, 5.41) is 9.02.